The van der Waals surface area contributed by atoms with Crippen molar-refractivity contribution in [3.05, 3.63) is 89.5 Å². The summed E-state index contributed by atoms with van der Waals surface area (Å²) < 4.78 is 11.5. The lowest BCUT2D eigenvalue weighted by molar-refractivity contribution is -0.116. The van der Waals surface area contributed by atoms with E-state index >= 15 is 0 Å². The normalized spacial score (nSPS) is 10.4. The summed E-state index contributed by atoms with van der Waals surface area (Å²) in [6.07, 6.45) is 1.08. The number of anilines is 1. The molecule has 0 atom stereocenters. The summed E-state index contributed by atoms with van der Waals surface area (Å²) in [5.74, 6) is 1.63. The Morgan fingerprint density at radius 3 is 2.38 bits per heavy atom. The Labute approximate surface area is 172 Å². The summed E-state index contributed by atoms with van der Waals surface area (Å²) in [7, 11) is 0. The number of ether oxygens (including phenoxy) is 2. The Morgan fingerprint density at radius 1 is 0.897 bits per heavy atom. The van der Waals surface area contributed by atoms with Crippen LogP contribution in [0.5, 0.6) is 11.5 Å². The topological polar surface area (TPSA) is 47.6 Å². The average Bonchev–Trinajstić information content (AvgIpc) is 2.73. The Kier molecular flexibility index (Phi) is 7.28. The third kappa shape index (κ3) is 6.68. The number of aryl methyl sites for hydroxylation is 2. The lowest BCUT2D eigenvalue weighted by Gasteiger charge is -2.10. The van der Waals surface area contributed by atoms with E-state index in [1.165, 1.54) is 5.56 Å². The Hall–Kier alpha value is -3.27. The van der Waals surface area contributed by atoms with Gasteiger partial charge >= 0.3 is 0 Å². The predicted octanol–water partition coefficient (Wildman–Crippen LogP) is 5.68. The molecular weight excluding hydrogens is 362 g/mol. The van der Waals surface area contributed by atoms with Crippen molar-refractivity contribution in [2.24, 2.45) is 0 Å². The molecule has 0 radical (unpaired) electrons. The molecule has 0 saturated carbocycles. The molecule has 0 spiro atoms. The molecule has 29 heavy (non-hydrogen) atoms. The number of carbonyl (C=O) groups is 1. The molecule has 0 saturated heterocycles. The summed E-state index contributed by atoms with van der Waals surface area (Å²) >= 11 is 0. The number of nitrogens with one attached hydrogen (secondary N) is 1. The number of carbonyl (C=O) groups excluding carboxylic acids is 1. The van der Waals surface area contributed by atoms with E-state index in [2.05, 4.69) is 18.3 Å². The first-order valence-electron chi connectivity index (χ1n) is 9.87. The highest BCUT2D eigenvalue weighted by atomic mass is 16.5. The number of rotatable bonds is 9. The second-order valence-corrected chi connectivity index (χ2v) is 7.07. The van der Waals surface area contributed by atoms with Crippen LogP contribution < -0.4 is 14.8 Å². The SMILES string of the molecule is Cc1ccc(OCCCC(=O)Nc2ccc(OCc3ccccc3)cc2)c(C)c1. The molecule has 150 valence electrons. The van der Waals surface area contributed by atoms with Crippen LogP contribution in [0.15, 0.2) is 72.8 Å². The zero-order chi connectivity index (χ0) is 20.5. The lowest BCUT2D eigenvalue weighted by atomic mass is 10.1. The third-order valence-corrected chi connectivity index (χ3v) is 4.52. The molecule has 4 heteroatoms. The molecule has 0 aliphatic carbocycles. The van der Waals surface area contributed by atoms with Crippen LogP contribution in [0.1, 0.15) is 29.5 Å². The van der Waals surface area contributed by atoms with Crippen LogP contribution in [0, 0.1) is 13.8 Å². The van der Waals surface area contributed by atoms with E-state index in [9.17, 15) is 4.79 Å². The van der Waals surface area contributed by atoms with Crippen LogP contribution >= 0.6 is 0 Å². The minimum Gasteiger partial charge on any atom is -0.493 e. The molecule has 0 fully saturated rings. The van der Waals surface area contributed by atoms with Crippen molar-refractivity contribution < 1.29 is 14.3 Å². The molecule has 3 aromatic carbocycles. The molecule has 3 aromatic rings. The van der Waals surface area contributed by atoms with Crippen molar-refractivity contribution in [3.8, 4) is 11.5 Å². The summed E-state index contributed by atoms with van der Waals surface area (Å²) in [4.78, 5) is 12.1. The maximum atomic E-state index is 12.1. The summed E-state index contributed by atoms with van der Waals surface area (Å²) in [5.41, 5.74) is 4.21. The molecule has 3 rings (SSSR count). The van der Waals surface area contributed by atoms with Gasteiger partial charge in [-0.05, 0) is 61.7 Å². The van der Waals surface area contributed by atoms with Gasteiger partial charge in [0.1, 0.15) is 18.1 Å². The smallest absolute Gasteiger partial charge is 0.224 e. The zero-order valence-electron chi connectivity index (χ0n) is 17.0. The third-order valence-electron chi connectivity index (χ3n) is 4.52. The molecule has 4 nitrogen and oxygen atoms in total. The predicted molar refractivity (Wildman–Crippen MR) is 116 cm³/mol. The van der Waals surface area contributed by atoms with Gasteiger partial charge in [0.05, 0.1) is 6.61 Å². The van der Waals surface area contributed by atoms with Gasteiger partial charge in [-0.1, -0.05) is 48.0 Å². The van der Waals surface area contributed by atoms with E-state index in [1.807, 2.05) is 73.7 Å². The summed E-state index contributed by atoms with van der Waals surface area (Å²) in [6.45, 7) is 5.13. The lowest BCUT2D eigenvalue weighted by Crippen LogP contribution is -2.12. The molecule has 0 aromatic heterocycles. The van der Waals surface area contributed by atoms with Gasteiger partial charge in [0.25, 0.3) is 0 Å². The number of amides is 1. The van der Waals surface area contributed by atoms with Crippen molar-refractivity contribution in [2.75, 3.05) is 11.9 Å². The minimum absolute atomic E-state index is 0.0211. The molecule has 0 aliphatic heterocycles. The van der Waals surface area contributed by atoms with Crippen molar-refractivity contribution >= 4 is 11.6 Å². The average molecular weight is 389 g/mol. The van der Waals surface area contributed by atoms with Crippen molar-refractivity contribution in [1.29, 1.82) is 0 Å². The number of hydrogen-bond acceptors (Lipinski definition) is 3. The standard InChI is InChI=1S/C25H27NO3/c1-19-10-15-24(20(2)17-19)28-16-6-9-25(27)26-22-11-13-23(14-12-22)29-18-21-7-4-3-5-8-21/h3-5,7-8,10-15,17H,6,9,16,18H2,1-2H3,(H,26,27). The highest BCUT2D eigenvalue weighted by Crippen LogP contribution is 2.19. The number of hydrogen-bond donors (Lipinski definition) is 1. The summed E-state index contributed by atoms with van der Waals surface area (Å²) in [5, 5.41) is 2.91. The van der Waals surface area contributed by atoms with Gasteiger partial charge in [-0.3, -0.25) is 4.79 Å². The van der Waals surface area contributed by atoms with Crippen LogP contribution in [0.2, 0.25) is 0 Å². The van der Waals surface area contributed by atoms with Gasteiger partial charge < -0.3 is 14.8 Å². The van der Waals surface area contributed by atoms with E-state index in [4.69, 9.17) is 9.47 Å². The van der Waals surface area contributed by atoms with Gasteiger partial charge in [0.2, 0.25) is 5.91 Å². The molecule has 1 amide bonds. The molecule has 0 aliphatic rings. The Morgan fingerprint density at radius 2 is 1.66 bits per heavy atom. The molecular formula is C25H27NO3. The fraction of sp³-hybridized carbons (Fsp3) is 0.240. The van der Waals surface area contributed by atoms with Crippen LogP contribution in [0.3, 0.4) is 0 Å². The monoisotopic (exact) mass is 389 g/mol. The van der Waals surface area contributed by atoms with Gasteiger partial charge in [-0.2, -0.15) is 0 Å². The highest BCUT2D eigenvalue weighted by Gasteiger charge is 2.05. The highest BCUT2D eigenvalue weighted by molar-refractivity contribution is 5.90. The number of benzene rings is 3. The second-order valence-electron chi connectivity index (χ2n) is 7.07. The maximum Gasteiger partial charge on any atom is 0.224 e. The molecule has 0 heterocycles. The maximum absolute atomic E-state index is 12.1. The van der Waals surface area contributed by atoms with Gasteiger partial charge in [0.15, 0.2) is 0 Å². The fourth-order valence-electron chi connectivity index (χ4n) is 2.98. The quantitative estimate of drug-likeness (QED) is 0.479. The summed E-state index contributed by atoms with van der Waals surface area (Å²) in [6, 6.07) is 23.5. The first-order valence-corrected chi connectivity index (χ1v) is 9.87. The van der Waals surface area contributed by atoms with E-state index in [0.29, 0.717) is 26.1 Å². The Bertz CT molecular complexity index is 921. The fourth-order valence-corrected chi connectivity index (χ4v) is 2.98. The molecule has 0 unspecified atom stereocenters. The van der Waals surface area contributed by atoms with E-state index < -0.39 is 0 Å². The minimum atomic E-state index is -0.0211. The van der Waals surface area contributed by atoms with Gasteiger partial charge in [0, 0.05) is 12.1 Å². The molecule has 0 bridgehead atoms. The van der Waals surface area contributed by atoms with Gasteiger partial charge in [-0.15, -0.1) is 0 Å². The Balaban J connectivity index is 1.37. The first-order chi connectivity index (χ1) is 14.1. The van der Waals surface area contributed by atoms with Crippen LogP contribution in [-0.2, 0) is 11.4 Å². The molecule has 1 N–H and O–H groups in total. The largest absolute Gasteiger partial charge is 0.493 e. The first kappa shape index (κ1) is 20.5. The van der Waals surface area contributed by atoms with E-state index in [1.54, 1.807) is 0 Å². The van der Waals surface area contributed by atoms with Crippen LogP contribution in [-0.4, -0.2) is 12.5 Å². The second kappa shape index (κ2) is 10.3. The van der Waals surface area contributed by atoms with Crippen molar-refractivity contribution in [2.45, 2.75) is 33.3 Å². The van der Waals surface area contributed by atoms with Crippen molar-refractivity contribution in [1.82, 2.24) is 0 Å². The van der Waals surface area contributed by atoms with Crippen molar-refractivity contribution in [3.63, 3.8) is 0 Å². The zero-order valence-corrected chi connectivity index (χ0v) is 17.0. The van der Waals surface area contributed by atoms with E-state index in [-0.39, 0.29) is 5.91 Å². The van der Waals surface area contributed by atoms with E-state index in [0.717, 1.165) is 28.3 Å². The van der Waals surface area contributed by atoms with Crippen LogP contribution in [0.4, 0.5) is 5.69 Å². The van der Waals surface area contributed by atoms with Crippen LogP contribution in [0.25, 0.3) is 0 Å². The van der Waals surface area contributed by atoms with Gasteiger partial charge in [-0.25, -0.2) is 0 Å².